The van der Waals surface area contributed by atoms with Crippen LogP contribution in [0.15, 0.2) is 47.5 Å². The lowest BCUT2D eigenvalue weighted by Crippen LogP contribution is -2.45. The zero-order chi connectivity index (χ0) is 16.8. The molecule has 3 rings (SSSR count). The lowest BCUT2D eigenvalue weighted by atomic mass is 9.88. The van der Waals surface area contributed by atoms with E-state index in [1.54, 1.807) is 14.2 Å². The minimum Gasteiger partial charge on any atom is -0.481 e. The number of aliphatic imine (C=N–C) groups is 1. The number of methoxy groups -OCH3 is 1. The van der Waals surface area contributed by atoms with Gasteiger partial charge in [0, 0.05) is 19.2 Å². The van der Waals surface area contributed by atoms with Crippen LogP contribution in [0.3, 0.4) is 0 Å². The normalized spacial score (nSPS) is 17.1. The zero-order valence-electron chi connectivity index (χ0n) is 14.2. The number of pyridine rings is 1. The molecular weight excluding hydrogens is 300 g/mol. The van der Waals surface area contributed by atoms with Gasteiger partial charge in [-0.1, -0.05) is 30.3 Å². The largest absolute Gasteiger partial charge is 0.481 e. The van der Waals surface area contributed by atoms with Gasteiger partial charge in [-0.2, -0.15) is 0 Å². The second-order valence-electron chi connectivity index (χ2n) is 5.95. The molecule has 2 aromatic rings. The molecule has 1 aromatic heterocycles. The minimum atomic E-state index is 0.407. The molecule has 1 aliphatic carbocycles. The van der Waals surface area contributed by atoms with Gasteiger partial charge in [0.25, 0.3) is 0 Å². The van der Waals surface area contributed by atoms with Gasteiger partial charge >= 0.3 is 0 Å². The number of hydrogen-bond acceptors (Lipinski definition) is 3. The summed E-state index contributed by atoms with van der Waals surface area (Å²) in [4.78, 5) is 8.74. The first kappa shape index (κ1) is 16.3. The SMILES string of the molecule is CN=C(NCc1cccc(OC)n1)NC1CCc2ccccc2C1. The van der Waals surface area contributed by atoms with Crippen LogP contribution < -0.4 is 15.4 Å². The second-order valence-corrected chi connectivity index (χ2v) is 5.95. The maximum Gasteiger partial charge on any atom is 0.213 e. The lowest BCUT2D eigenvalue weighted by Gasteiger charge is -2.27. The van der Waals surface area contributed by atoms with Gasteiger partial charge in [0.2, 0.25) is 5.88 Å². The van der Waals surface area contributed by atoms with Gasteiger partial charge in [-0.25, -0.2) is 4.98 Å². The Kier molecular flexibility index (Phi) is 5.31. The molecule has 2 N–H and O–H groups in total. The van der Waals surface area contributed by atoms with Crippen LogP contribution in [0.2, 0.25) is 0 Å². The fraction of sp³-hybridized carbons (Fsp3) is 0.368. The fourth-order valence-electron chi connectivity index (χ4n) is 3.05. The van der Waals surface area contributed by atoms with Gasteiger partial charge in [-0.15, -0.1) is 0 Å². The molecule has 5 heteroatoms. The number of benzene rings is 1. The Balaban J connectivity index is 1.56. The quantitative estimate of drug-likeness (QED) is 0.669. The molecule has 0 fully saturated rings. The molecule has 0 bridgehead atoms. The molecule has 1 unspecified atom stereocenters. The van der Waals surface area contributed by atoms with Crippen molar-refractivity contribution in [3.63, 3.8) is 0 Å². The molecule has 0 spiro atoms. The van der Waals surface area contributed by atoms with Crippen molar-refractivity contribution in [2.24, 2.45) is 4.99 Å². The third kappa shape index (κ3) is 4.04. The summed E-state index contributed by atoms with van der Waals surface area (Å²) in [5.74, 6) is 1.44. The molecule has 1 aliphatic rings. The van der Waals surface area contributed by atoms with Gasteiger partial charge in [0.1, 0.15) is 0 Å². The summed E-state index contributed by atoms with van der Waals surface area (Å²) in [7, 11) is 3.42. The molecule has 1 aromatic carbocycles. The monoisotopic (exact) mass is 324 g/mol. The highest BCUT2D eigenvalue weighted by atomic mass is 16.5. The number of nitrogens with zero attached hydrogens (tertiary/aromatic N) is 2. The van der Waals surface area contributed by atoms with E-state index in [1.807, 2.05) is 18.2 Å². The van der Waals surface area contributed by atoms with Crippen molar-refractivity contribution in [3.05, 3.63) is 59.3 Å². The van der Waals surface area contributed by atoms with Crippen molar-refractivity contribution in [1.29, 1.82) is 0 Å². The first-order chi connectivity index (χ1) is 11.8. The van der Waals surface area contributed by atoms with E-state index in [4.69, 9.17) is 4.74 Å². The molecule has 0 saturated carbocycles. The molecule has 0 amide bonds. The molecular formula is C19H24N4O. The molecule has 24 heavy (non-hydrogen) atoms. The fourth-order valence-corrected chi connectivity index (χ4v) is 3.05. The second kappa shape index (κ2) is 7.81. The van der Waals surface area contributed by atoms with Crippen molar-refractivity contribution in [1.82, 2.24) is 15.6 Å². The van der Waals surface area contributed by atoms with Crippen LogP contribution in [-0.2, 0) is 19.4 Å². The highest BCUT2D eigenvalue weighted by molar-refractivity contribution is 5.80. The third-order valence-corrected chi connectivity index (χ3v) is 4.34. The molecule has 5 nitrogen and oxygen atoms in total. The Morgan fingerprint density at radius 1 is 1.21 bits per heavy atom. The predicted molar refractivity (Wildman–Crippen MR) is 96.4 cm³/mol. The highest BCUT2D eigenvalue weighted by Crippen LogP contribution is 2.20. The topological polar surface area (TPSA) is 58.5 Å². The summed E-state index contributed by atoms with van der Waals surface area (Å²) in [6, 6.07) is 14.8. The van der Waals surface area contributed by atoms with E-state index in [1.165, 1.54) is 11.1 Å². The van der Waals surface area contributed by atoms with E-state index in [-0.39, 0.29) is 0 Å². The maximum atomic E-state index is 5.16. The molecule has 1 atom stereocenters. The van der Waals surface area contributed by atoms with E-state index in [0.29, 0.717) is 18.5 Å². The number of nitrogens with one attached hydrogen (secondary N) is 2. The van der Waals surface area contributed by atoms with E-state index in [9.17, 15) is 0 Å². The van der Waals surface area contributed by atoms with E-state index in [0.717, 1.165) is 30.9 Å². The van der Waals surface area contributed by atoms with Crippen LogP contribution in [-0.4, -0.2) is 31.1 Å². The van der Waals surface area contributed by atoms with E-state index in [2.05, 4.69) is 44.9 Å². The number of aryl methyl sites for hydroxylation is 1. The third-order valence-electron chi connectivity index (χ3n) is 4.34. The van der Waals surface area contributed by atoms with Crippen molar-refractivity contribution < 1.29 is 4.74 Å². The van der Waals surface area contributed by atoms with Crippen LogP contribution in [0.5, 0.6) is 5.88 Å². The molecule has 126 valence electrons. The number of ether oxygens (including phenoxy) is 1. The maximum absolute atomic E-state index is 5.16. The van der Waals surface area contributed by atoms with Crippen molar-refractivity contribution >= 4 is 5.96 Å². The summed E-state index contributed by atoms with van der Waals surface area (Å²) >= 11 is 0. The Labute approximate surface area is 143 Å². The lowest BCUT2D eigenvalue weighted by molar-refractivity contribution is 0.396. The number of aromatic nitrogens is 1. The molecule has 0 radical (unpaired) electrons. The predicted octanol–water partition coefficient (Wildman–Crippen LogP) is 2.31. The summed E-state index contributed by atoms with van der Waals surface area (Å²) in [6.07, 6.45) is 3.27. The van der Waals surface area contributed by atoms with Crippen LogP contribution in [0.25, 0.3) is 0 Å². The summed E-state index contributed by atoms with van der Waals surface area (Å²) in [6.45, 7) is 0.611. The van der Waals surface area contributed by atoms with Gasteiger partial charge < -0.3 is 15.4 Å². The number of hydrogen-bond donors (Lipinski definition) is 2. The van der Waals surface area contributed by atoms with Crippen molar-refractivity contribution in [2.45, 2.75) is 31.8 Å². The van der Waals surface area contributed by atoms with Crippen LogP contribution in [0, 0.1) is 0 Å². The Hall–Kier alpha value is -2.56. The Bertz CT molecular complexity index is 714. The van der Waals surface area contributed by atoms with Crippen molar-refractivity contribution in [2.75, 3.05) is 14.2 Å². The smallest absolute Gasteiger partial charge is 0.213 e. The molecule has 1 heterocycles. The van der Waals surface area contributed by atoms with E-state index < -0.39 is 0 Å². The summed E-state index contributed by atoms with van der Waals surface area (Å²) < 4.78 is 5.16. The van der Waals surface area contributed by atoms with Crippen LogP contribution in [0.1, 0.15) is 23.2 Å². The number of rotatable bonds is 4. The number of guanidine groups is 1. The average molecular weight is 324 g/mol. The molecule has 0 aliphatic heterocycles. The zero-order valence-corrected chi connectivity index (χ0v) is 14.2. The van der Waals surface area contributed by atoms with E-state index >= 15 is 0 Å². The average Bonchev–Trinajstić information content (AvgIpc) is 2.65. The standard InChI is InChI=1S/C19H24N4O/c1-20-19(21-13-17-8-5-9-18(22-17)24-2)23-16-11-10-14-6-3-4-7-15(14)12-16/h3-9,16H,10-13H2,1-2H3,(H2,20,21,23). The van der Waals surface area contributed by atoms with Gasteiger partial charge in [-0.3, -0.25) is 4.99 Å². The highest BCUT2D eigenvalue weighted by Gasteiger charge is 2.18. The Morgan fingerprint density at radius 2 is 2.04 bits per heavy atom. The minimum absolute atomic E-state index is 0.407. The van der Waals surface area contributed by atoms with Gasteiger partial charge in [-0.05, 0) is 36.5 Å². The summed E-state index contributed by atoms with van der Waals surface area (Å²) in [5.41, 5.74) is 3.83. The van der Waals surface area contributed by atoms with Gasteiger partial charge in [0.05, 0.1) is 19.3 Å². The molecule has 0 saturated heterocycles. The first-order valence-corrected chi connectivity index (χ1v) is 8.32. The first-order valence-electron chi connectivity index (χ1n) is 8.32. The van der Waals surface area contributed by atoms with Crippen LogP contribution >= 0.6 is 0 Å². The van der Waals surface area contributed by atoms with Crippen LogP contribution in [0.4, 0.5) is 0 Å². The summed E-state index contributed by atoms with van der Waals surface area (Å²) in [5, 5.41) is 6.85. The van der Waals surface area contributed by atoms with Crippen molar-refractivity contribution in [3.8, 4) is 5.88 Å². The Morgan fingerprint density at radius 3 is 2.83 bits per heavy atom. The number of fused-ring (bicyclic) bond motifs is 1. The van der Waals surface area contributed by atoms with Gasteiger partial charge in [0.15, 0.2) is 5.96 Å².